The smallest absolute Gasteiger partial charge is 0.242 e. The van der Waals surface area contributed by atoms with Crippen molar-refractivity contribution in [2.24, 2.45) is 11.8 Å². The molecule has 106 valence electrons. The van der Waals surface area contributed by atoms with Crippen LogP contribution in [-0.2, 0) is 4.79 Å². The average Bonchev–Trinajstić information content (AvgIpc) is 2.44. The van der Waals surface area contributed by atoms with Gasteiger partial charge in [0.15, 0.2) is 0 Å². The van der Waals surface area contributed by atoms with Crippen molar-refractivity contribution in [2.75, 3.05) is 20.1 Å². The van der Waals surface area contributed by atoms with E-state index in [0.717, 1.165) is 18.5 Å². The van der Waals surface area contributed by atoms with E-state index in [9.17, 15) is 4.79 Å². The van der Waals surface area contributed by atoms with Gasteiger partial charge in [0, 0.05) is 13.1 Å². The SMILES string of the molecule is CCC(C)CN(C)CC(C(=O)NN)c1ccccc1. The highest BCUT2D eigenvalue weighted by Crippen LogP contribution is 2.17. The third kappa shape index (κ3) is 5.01. The number of rotatable bonds is 7. The number of carbonyl (C=O) groups excluding carboxylic acids is 1. The molecule has 0 aliphatic rings. The highest BCUT2D eigenvalue weighted by molar-refractivity contribution is 5.83. The zero-order valence-electron chi connectivity index (χ0n) is 12.1. The quantitative estimate of drug-likeness (QED) is 0.447. The Hall–Kier alpha value is -1.39. The number of nitrogens with one attached hydrogen (secondary N) is 1. The van der Waals surface area contributed by atoms with Gasteiger partial charge in [0.05, 0.1) is 5.92 Å². The molecule has 4 nitrogen and oxygen atoms in total. The minimum absolute atomic E-state index is 0.137. The Bertz CT molecular complexity index is 380. The van der Waals surface area contributed by atoms with E-state index in [1.165, 1.54) is 0 Å². The van der Waals surface area contributed by atoms with Crippen molar-refractivity contribution >= 4 is 5.91 Å². The van der Waals surface area contributed by atoms with E-state index in [1.807, 2.05) is 37.4 Å². The van der Waals surface area contributed by atoms with Crippen LogP contribution in [0.3, 0.4) is 0 Å². The summed E-state index contributed by atoms with van der Waals surface area (Å²) in [6, 6.07) is 9.78. The zero-order chi connectivity index (χ0) is 14.3. The molecule has 2 atom stereocenters. The number of likely N-dealkylation sites (N-methyl/N-ethyl adjacent to an activating group) is 1. The van der Waals surface area contributed by atoms with Gasteiger partial charge < -0.3 is 4.90 Å². The number of nitrogens with zero attached hydrogens (tertiary/aromatic N) is 1. The largest absolute Gasteiger partial charge is 0.305 e. The summed E-state index contributed by atoms with van der Waals surface area (Å²) in [5, 5.41) is 0. The first-order valence-electron chi connectivity index (χ1n) is 6.82. The Balaban J connectivity index is 2.74. The van der Waals surface area contributed by atoms with Crippen LogP contribution in [0.4, 0.5) is 0 Å². The molecule has 0 fully saturated rings. The zero-order valence-corrected chi connectivity index (χ0v) is 12.1. The van der Waals surface area contributed by atoms with Crippen LogP contribution in [0.25, 0.3) is 0 Å². The fraction of sp³-hybridized carbons (Fsp3) is 0.533. The van der Waals surface area contributed by atoms with Crippen molar-refractivity contribution in [1.29, 1.82) is 0 Å². The van der Waals surface area contributed by atoms with Gasteiger partial charge in [-0.2, -0.15) is 0 Å². The lowest BCUT2D eigenvalue weighted by molar-refractivity contribution is -0.123. The van der Waals surface area contributed by atoms with Crippen molar-refractivity contribution in [2.45, 2.75) is 26.2 Å². The summed E-state index contributed by atoms with van der Waals surface area (Å²) in [4.78, 5) is 14.1. The summed E-state index contributed by atoms with van der Waals surface area (Å²) in [6.07, 6.45) is 1.14. The maximum atomic E-state index is 11.9. The summed E-state index contributed by atoms with van der Waals surface area (Å²) < 4.78 is 0. The Morgan fingerprint density at radius 3 is 2.47 bits per heavy atom. The molecule has 4 heteroatoms. The molecule has 0 aromatic heterocycles. The Kier molecular flexibility index (Phi) is 6.53. The average molecular weight is 263 g/mol. The van der Waals surface area contributed by atoms with Crippen LogP contribution in [0.2, 0.25) is 0 Å². The van der Waals surface area contributed by atoms with Crippen molar-refractivity contribution in [3.05, 3.63) is 35.9 Å². The highest BCUT2D eigenvalue weighted by Gasteiger charge is 2.21. The molecular weight excluding hydrogens is 238 g/mol. The third-order valence-electron chi connectivity index (χ3n) is 3.48. The molecule has 1 amide bonds. The van der Waals surface area contributed by atoms with Crippen molar-refractivity contribution in [3.8, 4) is 0 Å². The lowest BCUT2D eigenvalue weighted by Crippen LogP contribution is -2.40. The third-order valence-corrected chi connectivity index (χ3v) is 3.48. The van der Waals surface area contributed by atoms with Crippen LogP contribution in [0, 0.1) is 5.92 Å². The summed E-state index contributed by atoms with van der Waals surface area (Å²) in [5.74, 6) is 5.56. The van der Waals surface area contributed by atoms with E-state index in [1.54, 1.807) is 0 Å². The summed E-state index contributed by atoms with van der Waals surface area (Å²) in [5.41, 5.74) is 3.27. The monoisotopic (exact) mass is 263 g/mol. The number of nitrogens with two attached hydrogens (primary N) is 1. The maximum Gasteiger partial charge on any atom is 0.242 e. The van der Waals surface area contributed by atoms with E-state index in [2.05, 4.69) is 24.2 Å². The van der Waals surface area contributed by atoms with Gasteiger partial charge in [-0.05, 0) is 18.5 Å². The summed E-state index contributed by atoms with van der Waals surface area (Å²) >= 11 is 0. The minimum Gasteiger partial charge on any atom is -0.305 e. The number of hydrazine groups is 1. The standard InChI is InChI=1S/C15H25N3O/c1-4-12(2)10-18(3)11-14(15(19)17-16)13-8-6-5-7-9-13/h5-9,12,14H,4,10-11,16H2,1-3H3,(H,17,19). The number of carbonyl (C=O) groups is 1. The Labute approximate surface area is 115 Å². The molecule has 0 aliphatic carbocycles. The van der Waals surface area contributed by atoms with E-state index >= 15 is 0 Å². The van der Waals surface area contributed by atoms with Gasteiger partial charge in [-0.1, -0.05) is 50.6 Å². The first-order chi connectivity index (χ1) is 9.08. The number of hydrogen-bond acceptors (Lipinski definition) is 3. The molecule has 0 aliphatic heterocycles. The van der Waals surface area contributed by atoms with Gasteiger partial charge >= 0.3 is 0 Å². The second-order valence-electron chi connectivity index (χ2n) is 5.21. The molecule has 1 aromatic rings. The fourth-order valence-corrected chi connectivity index (χ4v) is 2.17. The first kappa shape index (κ1) is 15.7. The predicted molar refractivity (Wildman–Crippen MR) is 78.5 cm³/mol. The van der Waals surface area contributed by atoms with E-state index in [4.69, 9.17) is 5.84 Å². The van der Waals surface area contributed by atoms with Crippen molar-refractivity contribution in [1.82, 2.24) is 10.3 Å². The molecule has 0 heterocycles. The van der Waals surface area contributed by atoms with Crippen molar-refractivity contribution in [3.63, 3.8) is 0 Å². The van der Waals surface area contributed by atoms with Gasteiger partial charge in [-0.3, -0.25) is 10.2 Å². The summed E-state index contributed by atoms with van der Waals surface area (Å²) in [6.45, 7) is 6.06. The lowest BCUT2D eigenvalue weighted by atomic mass is 9.97. The molecule has 1 aromatic carbocycles. The van der Waals surface area contributed by atoms with Crippen LogP contribution in [-0.4, -0.2) is 30.9 Å². The molecule has 0 radical (unpaired) electrons. The molecule has 1 rings (SSSR count). The lowest BCUT2D eigenvalue weighted by Gasteiger charge is -2.25. The molecule has 0 bridgehead atoms. The number of amides is 1. The van der Waals surface area contributed by atoms with Crippen LogP contribution in [0.5, 0.6) is 0 Å². The van der Waals surface area contributed by atoms with Crippen LogP contribution >= 0.6 is 0 Å². The normalized spacial score (nSPS) is 14.2. The fourth-order valence-electron chi connectivity index (χ4n) is 2.17. The molecule has 0 spiro atoms. The number of hydrogen-bond donors (Lipinski definition) is 2. The van der Waals surface area contributed by atoms with E-state index in [0.29, 0.717) is 12.5 Å². The Morgan fingerprint density at radius 1 is 1.32 bits per heavy atom. The molecule has 0 saturated heterocycles. The van der Waals surface area contributed by atoms with Crippen molar-refractivity contribution < 1.29 is 4.79 Å². The topological polar surface area (TPSA) is 58.4 Å². The second kappa shape index (κ2) is 7.92. The van der Waals surface area contributed by atoms with Crippen LogP contribution in [0.15, 0.2) is 30.3 Å². The van der Waals surface area contributed by atoms with Gasteiger partial charge in [0.2, 0.25) is 5.91 Å². The molecule has 0 saturated carbocycles. The van der Waals surface area contributed by atoms with E-state index in [-0.39, 0.29) is 11.8 Å². The predicted octanol–water partition coefficient (Wildman–Crippen LogP) is 1.74. The summed E-state index contributed by atoms with van der Waals surface area (Å²) in [7, 11) is 2.05. The minimum atomic E-state index is -0.222. The van der Waals surface area contributed by atoms with Gasteiger partial charge in [0.1, 0.15) is 0 Å². The van der Waals surface area contributed by atoms with Gasteiger partial charge in [0.25, 0.3) is 0 Å². The van der Waals surface area contributed by atoms with Gasteiger partial charge in [-0.15, -0.1) is 0 Å². The number of benzene rings is 1. The maximum absolute atomic E-state index is 11.9. The highest BCUT2D eigenvalue weighted by atomic mass is 16.2. The molecule has 19 heavy (non-hydrogen) atoms. The molecule has 2 unspecified atom stereocenters. The molecule has 3 N–H and O–H groups in total. The first-order valence-corrected chi connectivity index (χ1v) is 6.82. The Morgan fingerprint density at radius 2 is 1.95 bits per heavy atom. The van der Waals surface area contributed by atoms with E-state index < -0.39 is 0 Å². The molecular formula is C15H25N3O. The van der Waals surface area contributed by atoms with Crippen LogP contribution < -0.4 is 11.3 Å². The second-order valence-corrected chi connectivity index (χ2v) is 5.21. The van der Waals surface area contributed by atoms with Crippen LogP contribution in [0.1, 0.15) is 31.7 Å². The van der Waals surface area contributed by atoms with Gasteiger partial charge in [-0.25, -0.2) is 5.84 Å².